The first-order valence-corrected chi connectivity index (χ1v) is 7.96. The molecule has 6 atom stereocenters. The van der Waals surface area contributed by atoms with Crippen LogP contribution in [0.2, 0.25) is 0 Å². The average molecular weight is 234 g/mol. The highest BCUT2D eigenvalue weighted by atomic mass is 16.5. The fourth-order valence-corrected chi connectivity index (χ4v) is 5.53. The van der Waals surface area contributed by atoms with Gasteiger partial charge in [0.05, 0.1) is 0 Å². The van der Waals surface area contributed by atoms with Crippen molar-refractivity contribution in [2.24, 2.45) is 35.5 Å². The third kappa shape index (κ3) is 1.95. The molecule has 0 spiro atoms. The van der Waals surface area contributed by atoms with E-state index < -0.39 is 0 Å². The van der Waals surface area contributed by atoms with Crippen LogP contribution in [-0.2, 0) is 4.74 Å². The standard InChI is InChI=1S/C16H26O/c1-3-13-5-11(1)7-15(13)9-17-10-16-8-12-2-4-14(16)6-12/h11-16H,1-10H2. The molecule has 0 aromatic rings. The zero-order valence-electron chi connectivity index (χ0n) is 10.9. The summed E-state index contributed by atoms with van der Waals surface area (Å²) in [6, 6.07) is 0. The SMILES string of the molecule is C1CC2CC1CC2COCC1CC2CCC1C2. The van der Waals surface area contributed by atoms with Crippen molar-refractivity contribution in [3.63, 3.8) is 0 Å². The van der Waals surface area contributed by atoms with E-state index in [2.05, 4.69) is 0 Å². The Bertz CT molecular complexity index is 259. The molecule has 0 saturated heterocycles. The molecule has 0 N–H and O–H groups in total. The molecular weight excluding hydrogens is 208 g/mol. The first-order valence-electron chi connectivity index (χ1n) is 7.96. The van der Waals surface area contributed by atoms with E-state index in [0.29, 0.717) is 0 Å². The average Bonchev–Trinajstić information content (AvgIpc) is 3.09. The highest BCUT2D eigenvalue weighted by molar-refractivity contribution is 4.91. The van der Waals surface area contributed by atoms with Gasteiger partial charge in [-0.15, -0.1) is 0 Å². The minimum absolute atomic E-state index is 0.937. The Balaban J connectivity index is 1.22. The van der Waals surface area contributed by atoms with Gasteiger partial charge in [0, 0.05) is 13.2 Å². The van der Waals surface area contributed by atoms with Crippen LogP contribution in [0.3, 0.4) is 0 Å². The molecule has 4 fully saturated rings. The van der Waals surface area contributed by atoms with Gasteiger partial charge in [-0.3, -0.25) is 0 Å². The monoisotopic (exact) mass is 234 g/mol. The number of hydrogen-bond acceptors (Lipinski definition) is 1. The van der Waals surface area contributed by atoms with E-state index in [-0.39, 0.29) is 0 Å². The lowest BCUT2D eigenvalue weighted by atomic mass is 9.88. The Morgan fingerprint density at radius 3 is 1.53 bits per heavy atom. The van der Waals surface area contributed by atoms with Crippen molar-refractivity contribution < 1.29 is 4.74 Å². The molecule has 1 nitrogen and oxygen atoms in total. The lowest BCUT2D eigenvalue weighted by Crippen LogP contribution is -2.22. The summed E-state index contributed by atoms with van der Waals surface area (Å²) in [5.41, 5.74) is 0. The highest BCUT2D eigenvalue weighted by Gasteiger charge is 2.41. The molecule has 6 unspecified atom stereocenters. The third-order valence-corrected chi connectivity index (χ3v) is 6.43. The Kier molecular flexibility index (Phi) is 2.72. The molecule has 4 rings (SSSR count). The van der Waals surface area contributed by atoms with Crippen LogP contribution in [0.5, 0.6) is 0 Å². The van der Waals surface area contributed by atoms with Crippen molar-refractivity contribution >= 4 is 0 Å². The number of ether oxygens (including phenoxy) is 1. The number of fused-ring (bicyclic) bond motifs is 4. The van der Waals surface area contributed by atoms with Gasteiger partial charge in [0.25, 0.3) is 0 Å². The van der Waals surface area contributed by atoms with E-state index in [9.17, 15) is 0 Å². The summed E-state index contributed by atoms with van der Waals surface area (Å²) in [6.45, 7) is 2.18. The molecule has 17 heavy (non-hydrogen) atoms. The molecule has 0 aromatic heterocycles. The van der Waals surface area contributed by atoms with Crippen molar-refractivity contribution in [1.82, 2.24) is 0 Å². The summed E-state index contributed by atoms with van der Waals surface area (Å²) < 4.78 is 6.11. The zero-order valence-corrected chi connectivity index (χ0v) is 10.9. The summed E-state index contributed by atoms with van der Waals surface area (Å²) in [5, 5.41) is 0. The van der Waals surface area contributed by atoms with Gasteiger partial charge in [-0.1, -0.05) is 12.8 Å². The van der Waals surface area contributed by atoms with Crippen molar-refractivity contribution in [3.8, 4) is 0 Å². The van der Waals surface area contributed by atoms with Crippen molar-refractivity contribution in [1.29, 1.82) is 0 Å². The summed E-state index contributed by atoms with van der Waals surface area (Å²) >= 11 is 0. The van der Waals surface area contributed by atoms with Crippen molar-refractivity contribution in [2.75, 3.05) is 13.2 Å². The van der Waals surface area contributed by atoms with Crippen LogP contribution < -0.4 is 0 Å². The van der Waals surface area contributed by atoms with E-state index >= 15 is 0 Å². The van der Waals surface area contributed by atoms with Crippen LogP contribution in [-0.4, -0.2) is 13.2 Å². The molecule has 1 heteroatoms. The molecule has 0 aliphatic heterocycles. The van der Waals surface area contributed by atoms with Gasteiger partial charge in [-0.25, -0.2) is 0 Å². The van der Waals surface area contributed by atoms with E-state index in [1.165, 1.54) is 51.4 Å². The second-order valence-electron chi connectivity index (χ2n) is 7.41. The Labute approximate surface area is 105 Å². The lowest BCUT2D eigenvalue weighted by molar-refractivity contribution is 0.0413. The number of hydrogen-bond donors (Lipinski definition) is 0. The summed E-state index contributed by atoms with van der Waals surface area (Å²) in [6.07, 6.45) is 12.1. The molecule has 4 bridgehead atoms. The van der Waals surface area contributed by atoms with Gasteiger partial charge in [0.15, 0.2) is 0 Å². The molecule has 0 amide bonds. The smallest absolute Gasteiger partial charge is 0.0497 e. The quantitative estimate of drug-likeness (QED) is 0.717. The summed E-state index contributed by atoms with van der Waals surface area (Å²) in [7, 11) is 0. The van der Waals surface area contributed by atoms with E-state index in [1.54, 1.807) is 0 Å². The second-order valence-corrected chi connectivity index (χ2v) is 7.41. The van der Waals surface area contributed by atoms with Crippen LogP contribution >= 0.6 is 0 Å². The van der Waals surface area contributed by atoms with E-state index in [4.69, 9.17) is 4.74 Å². The lowest BCUT2D eigenvalue weighted by Gasteiger charge is -2.25. The minimum atomic E-state index is 0.937. The predicted molar refractivity (Wildman–Crippen MR) is 68.7 cm³/mol. The zero-order chi connectivity index (χ0) is 11.2. The molecule has 0 heterocycles. The predicted octanol–water partition coefficient (Wildman–Crippen LogP) is 3.88. The maximum atomic E-state index is 6.11. The van der Waals surface area contributed by atoms with Crippen LogP contribution in [0.4, 0.5) is 0 Å². The van der Waals surface area contributed by atoms with Gasteiger partial charge >= 0.3 is 0 Å². The fraction of sp³-hybridized carbons (Fsp3) is 1.00. The maximum absolute atomic E-state index is 6.11. The van der Waals surface area contributed by atoms with Crippen LogP contribution in [0.15, 0.2) is 0 Å². The fourth-order valence-electron chi connectivity index (χ4n) is 5.53. The van der Waals surface area contributed by atoms with Crippen LogP contribution in [0.25, 0.3) is 0 Å². The topological polar surface area (TPSA) is 9.23 Å². The first-order chi connectivity index (χ1) is 8.38. The van der Waals surface area contributed by atoms with Crippen molar-refractivity contribution in [3.05, 3.63) is 0 Å². The first kappa shape index (κ1) is 10.8. The second kappa shape index (κ2) is 4.26. The van der Waals surface area contributed by atoms with Crippen LogP contribution in [0, 0.1) is 35.5 Å². The molecule has 96 valence electrons. The maximum Gasteiger partial charge on any atom is 0.0497 e. The summed E-state index contributed by atoms with van der Waals surface area (Å²) in [5.74, 6) is 6.12. The van der Waals surface area contributed by atoms with Crippen molar-refractivity contribution in [2.45, 2.75) is 51.4 Å². The normalized spacial score (nSPS) is 51.5. The van der Waals surface area contributed by atoms with Gasteiger partial charge in [0.2, 0.25) is 0 Å². The van der Waals surface area contributed by atoms with E-state index in [1.807, 2.05) is 0 Å². The third-order valence-electron chi connectivity index (χ3n) is 6.43. The molecule has 0 radical (unpaired) electrons. The molecule has 4 saturated carbocycles. The Morgan fingerprint density at radius 1 is 0.647 bits per heavy atom. The minimum Gasteiger partial charge on any atom is -0.381 e. The highest BCUT2D eigenvalue weighted by Crippen LogP contribution is 2.50. The van der Waals surface area contributed by atoms with Gasteiger partial charge in [0.1, 0.15) is 0 Å². The van der Waals surface area contributed by atoms with E-state index in [0.717, 1.165) is 48.7 Å². The molecule has 4 aliphatic carbocycles. The molecule has 0 aromatic carbocycles. The van der Waals surface area contributed by atoms with Gasteiger partial charge in [-0.05, 0) is 74.0 Å². The molecule has 4 aliphatic rings. The summed E-state index contributed by atoms with van der Waals surface area (Å²) in [4.78, 5) is 0. The van der Waals surface area contributed by atoms with Crippen LogP contribution in [0.1, 0.15) is 51.4 Å². The Hall–Kier alpha value is -0.0400. The Morgan fingerprint density at radius 2 is 1.18 bits per heavy atom. The van der Waals surface area contributed by atoms with Gasteiger partial charge in [-0.2, -0.15) is 0 Å². The number of rotatable bonds is 4. The molecular formula is C16H26O. The largest absolute Gasteiger partial charge is 0.381 e. The van der Waals surface area contributed by atoms with Gasteiger partial charge < -0.3 is 4.74 Å².